The van der Waals surface area contributed by atoms with Crippen LogP contribution in [0.4, 0.5) is 0 Å². The van der Waals surface area contributed by atoms with Gasteiger partial charge in [-0.3, -0.25) is 10.5 Å². The second-order valence-corrected chi connectivity index (χ2v) is 1.91. The molecule has 0 bridgehead atoms. The number of allylic oxidation sites excluding steroid dienone is 2. The molecule has 1 atom stereocenters. The van der Waals surface area contributed by atoms with Gasteiger partial charge in [0.2, 0.25) is 0 Å². The van der Waals surface area contributed by atoms with Gasteiger partial charge in [0.1, 0.15) is 0 Å². The van der Waals surface area contributed by atoms with Crippen LogP contribution in [0.3, 0.4) is 0 Å². The van der Waals surface area contributed by atoms with Gasteiger partial charge in [-0.05, 0) is 18.4 Å². The van der Waals surface area contributed by atoms with Crippen molar-refractivity contribution in [3.63, 3.8) is 0 Å². The van der Waals surface area contributed by atoms with Gasteiger partial charge in [0.15, 0.2) is 11.9 Å². The molecule has 1 unspecified atom stereocenters. The summed E-state index contributed by atoms with van der Waals surface area (Å²) in [7, 11) is 0. The number of dihydropyridines is 1. The summed E-state index contributed by atoms with van der Waals surface area (Å²) < 4.78 is 0. The molecule has 48 valence electrons. The van der Waals surface area contributed by atoms with E-state index in [1.165, 1.54) is 0 Å². The first-order valence-electron chi connectivity index (χ1n) is 2.64. The number of nitrogens with one attached hydrogen (secondary N) is 1. The Bertz CT molecular complexity index is 174. The Morgan fingerprint density at radius 2 is 2.33 bits per heavy atom. The van der Waals surface area contributed by atoms with E-state index >= 15 is 0 Å². The van der Waals surface area contributed by atoms with E-state index in [0.717, 1.165) is 0 Å². The van der Waals surface area contributed by atoms with Gasteiger partial charge in [0.25, 0.3) is 0 Å². The summed E-state index contributed by atoms with van der Waals surface area (Å²) in [5, 5.41) is 2.69. The van der Waals surface area contributed by atoms with E-state index in [1.54, 1.807) is 24.4 Å². The number of aldehydes is 1. The van der Waals surface area contributed by atoms with Gasteiger partial charge in [0.05, 0.1) is 0 Å². The van der Waals surface area contributed by atoms with Crippen molar-refractivity contribution in [3.8, 4) is 0 Å². The summed E-state index contributed by atoms with van der Waals surface area (Å²) in [5.41, 5.74) is 4.46. The molecule has 0 aliphatic carbocycles. The highest BCUT2D eigenvalue weighted by Crippen LogP contribution is 1.98. The minimum Gasteiger partial charge on any atom is -0.364 e. The van der Waals surface area contributed by atoms with Gasteiger partial charge in [-0.1, -0.05) is 6.08 Å². The van der Waals surface area contributed by atoms with Crippen molar-refractivity contribution >= 4 is 6.29 Å². The van der Waals surface area contributed by atoms with Crippen LogP contribution in [0, 0.1) is 0 Å². The fourth-order valence-electron chi connectivity index (χ4n) is 0.584. The number of hydrogen-bond donors (Lipinski definition) is 2. The first-order chi connectivity index (χ1) is 4.27. The van der Waals surface area contributed by atoms with E-state index in [4.69, 9.17) is 5.73 Å². The van der Waals surface area contributed by atoms with E-state index in [1.807, 2.05) is 0 Å². The monoisotopic (exact) mass is 124 g/mol. The topological polar surface area (TPSA) is 55.1 Å². The van der Waals surface area contributed by atoms with Gasteiger partial charge >= 0.3 is 0 Å². The van der Waals surface area contributed by atoms with E-state index in [0.29, 0.717) is 6.29 Å². The molecule has 0 saturated heterocycles. The molecule has 0 saturated carbocycles. The lowest BCUT2D eigenvalue weighted by Crippen LogP contribution is -2.51. The van der Waals surface area contributed by atoms with Crippen molar-refractivity contribution in [1.29, 1.82) is 0 Å². The Kier molecular flexibility index (Phi) is 1.36. The Morgan fingerprint density at radius 3 is 2.67 bits per heavy atom. The zero-order valence-electron chi connectivity index (χ0n) is 4.87. The van der Waals surface area contributed by atoms with E-state index in [-0.39, 0.29) is 0 Å². The van der Waals surface area contributed by atoms with Crippen LogP contribution in [0.2, 0.25) is 0 Å². The predicted octanol–water partition coefficient (Wildman–Crippen LogP) is -0.487. The maximum atomic E-state index is 10.2. The third-order valence-electron chi connectivity index (χ3n) is 1.11. The quantitative estimate of drug-likeness (QED) is 0.464. The molecule has 1 heterocycles. The molecule has 0 aromatic heterocycles. The van der Waals surface area contributed by atoms with Crippen molar-refractivity contribution in [2.24, 2.45) is 5.73 Å². The minimum absolute atomic E-state index is 0.660. The molecule has 0 aromatic carbocycles. The van der Waals surface area contributed by atoms with Crippen LogP contribution in [0.1, 0.15) is 0 Å². The third kappa shape index (κ3) is 1.17. The number of carbonyl (C=O) groups is 1. The SMILES string of the molecule is NC1(C=O)C=CC=CN1. The molecule has 0 spiro atoms. The van der Waals surface area contributed by atoms with Gasteiger partial charge in [-0.15, -0.1) is 0 Å². The number of carbonyl (C=O) groups excluding carboxylic acids is 1. The molecule has 9 heavy (non-hydrogen) atoms. The summed E-state index contributed by atoms with van der Waals surface area (Å²) >= 11 is 0. The Labute approximate surface area is 53.2 Å². The first-order valence-corrected chi connectivity index (χ1v) is 2.64. The molecule has 3 nitrogen and oxygen atoms in total. The molecule has 3 heteroatoms. The summed E-state index contributed by atoms with van der Waals surface area (Å²) in [6, 6.07) is 0. The Hall–Kier alpha value is -1.09. The zero-order valence-corrected chi connectivity index (χ0v) is 4.87. The van der Waals surface area contributed by atoms with Crippen LogP contribution >= 0.6 is 0 Å². The highest BCUT2D eigenvalue weighted by molar-refractivity contribution is 5.67. The molecule has 0 fully saturated rings. The fraction of sp³-hybridized carbons (Fsp3) is 0.167. The van der Waals surface area contributed by atoms with Crippen LogP contribution in [-0.2, 0) is 4.79 Å². The smallest absolute Gasteiger partial charge is 0.164 e. The number of hydrogen-bond acceptors (Lipinski definition) is 3. The Balaban J connectivity index is 2.73. The molecular weight excluding hydrogens is 116 g/mol. The number of rotatable bonds is 1. The normalized spacial score (nSPS) is 31.7. The molecule has 0 amide bonds. The average Bonchev–Trinajstić information content (AvgIpc) is 1.90. The van der Waals surface area contributed by atoms with Crippen LogP contribution in [-0.4, -0.2) is 11.9 Å². The van der Waals surface area contributed by atoms with Crippen molar-refractivity contribution in [2.45, 2.75) is 5.66 Å². The lowest BCUT2D eigenvalue weighted by atomic mass is 10.1. The van der Waals surface area contributed by atoms with E-state index in [2.05, 4.69) is 5.32 Å². The fourth-order valence-corrected chi connectivity index (χ4v) is 0.584. The minimum atomic E-state index is -0.977. The van der Waals surface area contributed by atoms with Crippen molar-refractivity contribution in [1.82, 2.24) is 5.32 Å². The predicted molar refractivity (Wildman–Crippen MR) is 34.4 cm³/mol. The van der Waals surface area contributed by atoms with E-state index < -0.39 is 5.66 Å². The van der Waals surface area contributed by atoms with Gasteiger partial charge < -0.3 is 5.32 Å². The molecule has 1 aliphatic rings. The second kappa shape index (κ2) is 2.03. The van der Waals surface area contributed by atoms with Crippen LogP contribution in [0.5, 0.6) is 0 Å². The standard InChI is InChI=1S/C6H8N2O/c7-6(5-9)3-1-2-4-8-6/h1-5,8H,7H2. The molecular formula is C6H8N2O. The van der Waals surface area contributed by atoms with Crippen molar-refractivity contribution in [2.75, 3.05) is 0 Å². The largest absolute Gasteiger partial charge is 0.364 e. The lowest BCUT2D eigenvalue weighted by molar-refractivity contribution is -0.111. The summed E-state index contributed by atoms with van der Waals surface area (Å²) in [6.07, 6.45) is 7.39. The number of nitrogens with two attached hydrogens (primary N) is 1. The van der Waals surface area contributed by atoms with Crippen LogP contribution < -0.4 is 11.1 Å². The van der Waals surface area contributed by atoms with Gasteiger partial charge in [-0.2, -0.15) is 0 Å². The maximum Gasteiger partial charge on any atom is 0.164 e. The highest BCUT2D eigenvalue weighted by atomic mass is 16.1. The molecule has 0 aromatic rings. The summed E-state index contributed by atoms with van der Waals surface area (Å²) in [4.78, 5) is 10.2. The Morgan fingerprint density at radius 1 is 1.56 bits per heavy atom. The van der Waals surface area contributed by atoms with E-state index in [9.17, 15) is 4.79 Å². The van der Waals surface area contributed by atoms with Crippen molar-refractivity contribution < 1.29 is 4.79 Å². The average molecular weight is 124 g/mol. The van der Waals surface area contributed by atoms with Gasteiger partial charge in [0, 0.05) is 0 Å². The van der Waals surface area contributed by atoms with Crippen molar-refractivity contribution in [3.05, 3.63) is 24.4 Å². The molecule has 1 rings (SSSR count). The third-order valence-corrected chi connectivity index (χ3v) is 1.11. The lowest BCUT2D eigenvalue weighted by Gasteiger charge is -2.20. The highest BCUT2D eigenvalue weighted by Gasteiger charge is 2.18. The maximum absolute atomic E-state index is 10.2. The second-order valence-electron chi connectivity index (χ2n) is 1.91. The first kappa shape index (κ1) is 6.04. The van der Waals surface area contributed by atoms with Crippen LogP contribution in [0.25, 0.3) is 0 Å². The van der Waals surface area contributed by atoms with Gasteiger partial charge in [-0.25, -0.2) is 0 Å². The molecule has 3 N–H and O–H groups in total. The van der Waals surface area contributed by atoms with Crippen LogP contribution in [0.15, 0.2) is 24.4 Å². The molecule has 0 radical (unpaired) electrons. The zero-order chi connectivity index (χ0) is 6.74. The summed E-state index contributed by atoms with van der Waals surface area (Å²) in [6.45, 7) is 0. The summed E-state index contributed by atoms with van der Waals surface area (Å²) in [5.74, 6) is 0. The molecule has 1 aliphatic heterocycles.